The molecule has 2 aromatic carbocycles. The van der Waals surface area contributed by atoms with Crippen molar-refractivity contribution in [1.29, 1.82) is 0 Å². The van der Waals surface area contributed by atoms with Gasteiger partial charge in [-0.05, 0) is 57.3 Å². The molecule has 3 aromatic rings. The van der Waals surface area contributed by atoms with Crippen molar-refractivity contribution in [2.75, 3.05) is 5.32 Å². The molecule has 3 rings (SSSR count). The Hall–Kier alpha value is -2.93. The van der Waals surface area contributed by atoms with Crippen molar-refractivity contribution < 1.29 is 9.26 Å². The van der Waals surface area contributed by atoms with E-state index in [4.69, 9.17) is 21.5 Å². The van der Waals surface area contributed by atoms with Crippen molar-refractivity contribution in [3.05, 3.63) is 60.0 Å². The predicted molar refractivity (Wildman–Crippen MR) is 110 cm³/mol. The molecule has 0 radical (unpaired) electrons. The first-order chi connectivity index (χ1) is 13.0. The second-order valence-corrected chi connectivity index (χ2v) is 6.78. The summed E-state index contributed by atoms with van der Waals surface area (Å²) >= 11 is 5.31. The van der Waals surface area contributed by atoms with Gasteiger partial charge < -0.3 is 19.9 Å². The molecule has 0 aliphatic carbocycles. The van der Waals surface area contributed by atoms with E-state index < -0.39 is 0 Å². The smallest absolute Gasteiger partial charge is 0.246 e. The number of aryl methyl sites for hydroxylation is 1. The summed E-state index contributed by atoms with van der Waals surface area (Å²) in [5.41, 5.74) is 2.97. The van der Waals surface area contributed by atoms with Crippen molar-refractivity contribution in [2.45, 2.75) is 33.4 Å². The highest BCUT2D eigenvalue weighted by molar-refractivity contribution is 7.80. The SMILES string of the molecule is Cc1ccc(-c2noc(CNC(=S)Nc3ccc(OC(C)C)cc3)n2)cc1. The molecule has 7 heteroatoms. The Morgan fingerprint density at radius 1 is 1.11 bits per heavy atom. The summed E-state index contributed by atoms with van der Waals surface area (Å²) in [6, 6.07) is 15.6. The third-order valence-corrected chi connectivity index (χ3v) is 3.91. The predicted octanol–water partition coefficient (Wildman–Crippen LogP) is 4.32. The zero-order chi connectivity index (χ0) is 19.2. The van der Waals surface area contributed by atoms with Gasteiger partial charge in [-0.1, -0.05) is 35.0 Å². The highest BCUT2D eigenvalue weighted by atomic mass is 32.1. The molecular weight excluding hydrogens is 360 g/mol. The van der Waals surface area contributed by atoms with Crippen LogP contribution in [0.5, 0.6) is 5.75 Å². The number of anilines is 1. The summed E-state index contributed by atoms with van der Waals surface area (Å²) in [7, 11) is 0. The van der Waals surface area contributed by atoms with Crippen LogP contribution in [0.1, 0.15) is 25.3 Å². The molecule has 140 valence electrons. The quantitative estimate of drug-likeness (QED) is 0.615. The van der Waals surface area contributed by atoms with E-state index >= 15 is 0 Å². The highest BCUT2D eigenvalue weighted by Crippen LogP contribution is 2.17. The third kappa shape index (κ3) is 5.52. The van der Waals surface area contributed by atoms with Gasteiger partial charge in [-0.2, -0.15) is 4.98 Å². The van der Waals surface area contributed by atoms with Gasteiger partial charge in [0.25, 0.3) is 0 Å². The third-order valence-electron chi connectivity index (χ3n) is 3.66. The number of nitrogens with zero attached hydrogens (tertiary/aromatic N) is 2. The van der Waals surface area contributed by atoms with E-state index in [2.05, 4.69) is 20.8 Å². The van der Waals surface area contributed by atoms with E-state index in [9.17, 15) is 0 Å². The van der Waals surface area contributed by atoms with Gasteiger partial charge in [-0.3, -0.25) is 0 Å². The van der Waals surface area contributed by atoms with Gasteiger partial charge in [-0.25, -0.2) is 0 Å². The van der Waals surface area contributed by atoms with Crippen LogP contribution in [-0.4, -0.2) is 21.4 Å². The average Bonchev–Trinajstić information content (AvgIpc) is 3.11. The standard InChI is InChI=1S/C20H22N4O2S/c1-13(2)25-17-10-8-16(9-11-17)22-20(27)21-12-18-23-19(24-26-18)15-6-4-14(3)5-7-15/h4-11,13H,12H2,1-3H3,(H2,21,22,27). The molecule has 0 aliphatic rings. The van der Waals surface area contributed by atoms with E-state index in [1.54, 1.807) is 0 Å². The molecule has 0 saturated heterocycles. The molecule has 6 nitrogen and oxygen atoms in total. The Morgan fingerprint density at radius 2 is 1.81 bits per heavy atom. The van der Waals surface area contributed by atoms with Crippen LogP contribution in [0, 0.1) is 6.92 Å². The lowest BCUT2D eigenvalue weighted by Gasteiger charge is -2.12. The Bertz CT molecular complexity index is 889. The minimum atomic E-state index is 0.144. The van der Waals surface area contributed by atoms with Crippen LogP contribution in [0.15, 0.2) is 53.1 Å². The lowest BCUT2D eigenvalue weighted by atomic mass is 10.1. The van der Waals surface area contributed by atoms with Crippen LogP contribution in [0.2, 0.25) is 0 Å². The van der Waals surface area contributed by atoms with E-state index in [0.29, 0.717) is 23.4 Å². The number of rotatable bonds is 6. The number of ether oxygens (including phenoxy) is 1. The van der Waals surface area contributed by atoms with Crippen LogP contribution < -0.4 is 15.4 Å². The van der Waals surface area contributed by atoms with E-state index in [-0.39, 0.29) is 6.10 Å². The molecule has 0 amide bonds. The number of benzene rings is 2. The lowest BCUT2D eigenvalue weighted by molar-refractivity contribution is 0.242. The first kappa shape index (κ1) is 18.8. The van der Waals surface area contributed by atoms with Gasteiger partial charge >= 0.3 is 0 Å². The van der Waals surface area contributed by atoms with Gasteiger partial charge in [0.05, 0.1) is 12.6 Å². The van der Waals surface area contributed by atoms with Crippen molar-refractivity contribution in [3.8, 4) is 17.1 Å². The fraction of sp³-hybridized carbons (Fsp3) is 0.250. The van der Waals surface area contributed by atoms with E-state index in [0.717, 1.165) is 17.0 Å². The highest BCUT2D eigenvalue weighted by Gasteiger charge is 2.09. The maximum atomic E-state index is 5.62. The molecule has 0 aliphatic heterocycles. The first-order valence-corrected chi connectivity index (χ1v) is 9.11. The first-order valence-electron chi connectivity index (χ1n) is 8.71. The minimum absolute atomic E-state index is 0.144. The molecule has 0 spiro atoms. The van der Waals surface area contributed by atoms with Crippen molar-refractivity contribution >= 4 is 23.0 Å². The maximum Gasteiger partial charge on any atom is 0.246 e. The van der Waals surface area contributed by atoms with Gasteiger partial charge in [0, 0.05) is 11.3 Å². The molecular formula is C20H22N4O2S. The Kier molecular flexibility index (Phi) is 6.03. The summed E-state index contributed by atoms with van der Waals surface area (Å²) in [4.78, 5) is 4.38. The number of nitrogens with one attached hydrogen (secondary N) is 2. The molecule has 0 unspecified atom stereocenters. The van der Waals surface area contributed by atoms with Crippen LogP contribution in [0.3, 0.4) is 0 Å². The Labute approximate surface area is 163 Å². The van der Waals surface area contributed by atoms with Gasteiger partial charge in [-0.15, -0.1) is 0 Å². The summed E-state index contributed by atoms with van der Waals surface area (Å²) in [6.45, 7) is 6.37. The van der Waals surface area contributed by atoms with Crippen LogP contribution >= 0.6 is 12.2 Å². The molecule has 27 heavy (non-hydrogen) atoms. The van der Waals surface area contributed by atoms with E-state index in [1.807, 2.05) is 69.3 Å². The molecule has 2 N–H and O–H groups in total. The largest absolute Gasteiger partial charge is 0.491 e. The van der Waals surface area contributed by atoms with Crippen LogP contribution in [0.25, 0.3) is 11.4 Å². The van der Waals surface area contributed by atoms with Gasteiger partial charge in [0.1, 0.15) is 5.75 Å². The number of thiocarbonyl (C=S) groups is 1. The molecule has 0 fully saturated rings. The molecule has 0 atom stereocenters. The number of aromatic nitrogens is 2. The topological polar surface area (TPSA) is 72.2 Å². The van der Waals surface area contributed by atoms with Crippen molar-refractivity contribution in [2.24, 2.45) is 0 Å². The summed E-state index contributed by atoms with van der Waals surface area (Å²) in [5, 5.41) is 10.7. The fourth-order valence-electron chi connectivity index (χ4n) is 2.37. The van der Waals surface area contributed by atoms with Crippen LogP contribution in [-0.2, 0) is 6.54 Å². The van der Waals surface area contributed by atoms with Crippen LogP contribution in [0.4, 0.5) is 5.69 Å². The molecule has 1 heterocycles. The molecule has 0 bridgehead atoms. The number of hydrogen-bond acceptors (Lipinski definition) is 5. The lowest BCUT2D eigenvalue weighted by Crippen LogP contribution is -2.28. The molecule has 0 saturated carbocycles. The van der Waals surface area contributed by atoms with Crippen molar-refractivity contribution in [1.82, 2.24) is 15.5 Å². The second-order valence-electron chi connectivity index (χ2n) is 6.38. The van der Waals surface area contributed by atoms with E-state index in [1.165, 1.54) is 5.56 Å². The maximum absolute atomic E-state index is 5.62. The average molecular weight is 382 g/mol. The second kappa shape index (κ2) is 8.64. The zero-order valence-electron chi connectivity index (χ0n) is 15.5. The zero-order valence-corrected chi connectivity index (χ0v) is 16.3. The molecule has 1 aromatic heterocycles. The van der Waals surface area contributed by atoms with Gasteiger partial charge in [0.2, 0.25) is 11.7 Å². The number of hydrogen-bond donors (Lipinski definition) is 2. The summed E-state index contributed by atoms with van der Waals surface area (Å²) < 4.78 is 10.9. The van der Waals surface area contributed by atoms with Gasteiger partial charge in [0.15, 0.2) is 5.11 Å². The Balaban J connectivity index is 1.51. The normalized spacial score (nSPS) is 10.7. The Morgan fingerprint density at radius 3 is 2.48 bits per heavy atom. The summed E-state index contributed by atoms with van der Waals surface area (Å²) in [6.07, 6.45) is 0.144. The fourth-order valence-corrected chi connectivity index (χ4v) is 2.56. The van der Waals surface area contributed by atoms with Crippen molar-refractivity contribution in [3.63, 3.8) is 0 Å². The summed E-state index contributed by atoms with van der Waals surface area (Å²) in [5.74, 6) is 1.85. The monoisotopic (exact) mass is 382 g/mol. The minimum Gasteiger partial charge on any atom is -0.491 e.